The number of guanidine groups is 1. The predicted molar refractivity (Wildman–Crippen MR) is 106 cm³/mol. The minimum atomic E-state index is -0.296. The monoisotopic (exact) mass is 391 g/mol. The first kappa shape index (κ1) is 19.2. The minimum Gasteiger partial charge on any atom is -0.496 e. The van der Waals surface area contributed by atoms with Crippen molar-refractivity contribution in [2.24, 2.45) is 4.99 Å². The third kappa shape index (κ3) is 4.80. The number of nitrogens with zero attached hydrogens (tertiary/aromatic N) is 3. The van der Waals surface area contributed by atoms with Gasteiger partial charge in [-0.15, -0.1) is 0 Å². The van der Waals surface area contributed by atoms with Gasteiger partial charge in [0.2, 0.25) is 0 Å². The molecule has 3 rings (SSSR count). The Morgan fingerprint density at radius 2 is 2.30 bits per heavy atom. The van der Waals surface area contributed by atoms with E-state index in [4.69, 9.17) is 16.3 Å². The van der Waals surface area contributed by atoms with Crippen LogP contribution in [0.1, 0.15) is 12.0 Å². The zero-order valence-corrected chi connectivity index (χ0v) is 16.1. The minimum absolute atomic E-state index is 0.157. The van der Waals surface area contributed by atoms with E-state index >= 15 is 0 Å². The van der Waals surface area contributed by atoms with Crippen LogP contribution in [0.15, 0.2) is 41.5 Å². The van der Waals surface area contributed by atoms with E-state index in [0.717, 1.165) is 24.3 Å². The van der Waals surface area contributed by atoms with Gasteiger partial charge in [-0.25, -0.2) is 9.37 Å². The zero-order chi connectivity index (χ0) is 19.2. The fourth-order valence-corrected chi connectivity index (χ4v) is 3.27. The molecule has 0 amide bonds. The van der Waals surface area contributed by atoms with Crippen LogP contribution in [0, 0.1) is 5.82 Å². The molecule has 0 bridgehead atoms. The van der Waals surface area contributed by atoms with Crippen molar-refractivity contribution in [1.82, 2.24) is 15.6 Å². The van der Waals surface area contributed by atoms with Gasteiger partial charge in [-0.2, -0.15) is 0 Å². The van der Waals surface area contributed by atoms with Crippen molar-refractivity contribution in [2.45, 2.75) is 19.0 Å². The number of rotatable bonds is 5. The molecule has 144 valence electrons. The summed E-state index contributed by atoms with van der Waals surface area (Å²) >= 11 is 6.00. The highest BCUT2D eigenvalue weighted by Crippen LogP contribution is 2.23. The first-order valence-electron chi connectivity index (χ1n) is 8.75. The van der Waals surface area contributed by atoms with Gasteiger partial charge < -0.3 is 20.3 Å². The lowest BCUT2D eigenvalue weighted by atomic mass is 10.2. The summed E-state index contributed by atoms with van der Waals surface area (Å²) in [6, 6.07) is 8.72. The second kappa shape index (κ2) is 8.90. The smallest absolute Gasteiger partial charge is 0.191 e. The molecular formula is C19H23ClFN5O. The molecule has 1 unspecified atom stereocenters. The number of halogens is 2. The molecule has 27 heavy (non-hydrogen) atoms. The van der Waals surface area contributed by atoms with Crippen molar-refractivity contribution in [3.63, 3.8) is 0 Å². The average Bonchev–Trinajstić information content (AvgIpc) is 3.14. The van der Waals surface area contributed by atoms with Gasteiger partial charge in [-0.3, -0.25) is 4.99 Å². The van der Waals surface area contributed by atoms with Gasteiger partial charge in [0.05, 0.1) is 7.11 Å². The molecule has 1 aliphatic rings. The second-order valence-corrected chi connectivity index (χ2v) is 6.70. The van der Waals surface area contributed by atoms with E-state index in [2.05, 4.69) is 20.6 Å². The number of hydrogen-bond donors (Lipinski definition) is 2. The molecule has 2 aromatic rings. The Bertz CT molecular complexity index is 816. The fraction of sp³-hybridized carbons (Fsp3) is 0.368. The lowest BCUT2D eigenvalue weighted by Crippen LogP contribution is -2.44. The molecule has 2 heterocycles. The molecule has 2 N–H and O–H groups in total. The standard InChI is InChI=1S/C19H23ClFN5O/c1-22-19(24-11-13-5-6-14(20)10-17(13)27-2)25-15-7-9-26(12-15)18-16(21)4-3-8-23-18/h3-6,8,10,15H,7,9,11-12H2,1-2H3,(H2,22,24,25). The van der Waals surface area contributed by atoms with Crippen molar-refractivity contribution in [1.29, 1.82) is 0 Å². The highest BCUT2D eigenvalue weighted by molar-refractivity contribution is 6.30. The molecule has 0 radical (unpaired) electrons. The molecular weight excluding hydrogens is 369 g/mol. The van der Waals surface area contributed by atoms with Crippen LogP contribution in [0.5, 0.6) is 5.75 Å². The van der Waals surface area contributed by atoms with Gasteiger partial charge in [0.1, 0.15) is 5.75 Å². The highest BCUT2D eigenvalue weighted by atomic mass is 35.5. The number of ether oxygens (including phenoxy) is 1. The Labute approximate surface area is 163 Å². The van der Waals surface area contributed by atoms with E-state index < -0.39 is 0 Å². The van der Waals surface area contributed by atoms with E-state index in [9.17, 15) is 4.39 Å². The summed E-state index contributed by atoms with van der Waals surface area (Å²) in [6.45, 7) is 1.96. The third-order valence-electron chi connectivity index (χ3n) is 4.49. The first-order valence-corrected chi connectivity index (χ1v) is 9.13. The van der Waals surface area contributed by atoms with Crippen LogP contribution < -0.4 is 20.3 Å². The van der Waals surface area contributed by atoms with Gasteiger partial charge in [-0.1, -0.05) is 17.7 Å². The summed E-state index contributed by atoms with van der Waals surface area (Å²) in [4.78, 5) is 10.4. The maximum atomic E-state index is 13.9. The van der Waals surface area contributed by atoms with Crippen LogP contribution in [0.2, 0.25) is 5.02 Å². The van der Waals surface area contributed by atoms with Crippen LogP contribution in [-0.2, 0) is 6.54 Å². The van der Waals surface area contributed by atoms with E-state index in [1.54, 1.807) is 32.5 Å². The maximum absolute atomic E-state index is 13.9. The van der Waals surface area contributed by atoms with Gasteiger partial charge in [0, 0.05) is 49.5 Å². The zero-order valence-electron chi connectivity index (χ0n) is 15.4. The molecule has 0 aliphatic carbocycles. The Morgan fingerprint density at radius 3 is 3.04 bits per heavy atom. The van der Waals surface area contributed by atoms with Crippen molar-refractivity contribution in [2.75, 3.05) is 32.1 Å². The third-order valence-corrected chi connectivity index (χ3v) is 4.72. The molecule has 1 atom stereocenters. The summed E-state index contributed by atoms with van der Waals surface area (Å²) < 4.78 is 19.3. The van der Waals surface area contributed by atoms with Crippen LogP contribution in [0.25, 0.3) is 0 Å². The van der Waals surface area contributed by atoms with E-state index in [1.807, 2.05) is 17.0 Å². The molecule has 1 aromatic heterocycles. The molecule has 0 spiro atoms. The number of hydrogen-bond acceptors (Lipinski definition) is 4. The van der Waals surface area contributed by atoms with Gasteiger partial charge in [0.15, 0.2) is 17.6 Å². The lowest BCUT2D eigenvalue weighted by molar-refractivity contribution is 0.409. The maximum Gasteiger partial charge on any atom is 0.191 e. The highest BCUT2D eigenvalue weighted by Gasteiger charge is 2.25. The van der Waals surface area contributed by atoms with Crippen LogP contribution in [0.3, 0.4) is 0 Å². The largest absolute Gasteiger partial charge is 0.496 e. The van der Waals surface area contributed by atoms with Crippen LogP contribution in [-0.4, -0.2) is 44.2 Å². The number of anilines is 1. The molecule has 8 heteroatoms. The summed E-state index contributed by atoms with van der Waals surface area (Å²) in [7, 11) is 3.34. The quantitative estimate of drug-likeness (QED) is 0.606. The number of aromatic nitrogens is 1. The van der Waals surface area contributed by atoms with Crippen molar-refractivity contribution >= 4 is 23.4 Å². The number of benzene rings is 1. The van der Waals surface area contributed by atoms with Crippen LogP contribution in [0.4, 0.5) is 10.2 Å². The summed E-state index contributed by atoms with van der Waals surface area (Å²) in [5, 5.41) is 7.29. The SMILES string of the molecule is CN=C(NCc1ccc(Cl)cc1OC)NC1CCN(c2ncccc2F)C1. The van der Waals surface area contributed by atoms with Crippen molar-refractivity contribution in [3.05, 3.63) is 52.9 Å². The molecule has 6 nitrogen and oxygen atoms in total. The Kier molecular flexibility index (Phi) is 6.34. The Morgan fingerprint density at radius 1 is 1.44 bits per heavy atom. The van der Waals surface area contributed by atoms with Gasteiger partial charge >= 0.3 is 0 Å². The van der Waals surface area contributed by atoms with Crippen molar-refractivity contribution < 1.29 is 9.13 Å². The van der Waals surface area contributed by atoms with Crippen LogP contribution >= 0.6 is 11.6 Å². The van der Waals surface area contributed by atoms with Gasteiger partial charge in [-0.05, 0) is 30.7 Å². The number of pyridine rings is 1. The summed E-state index contributed by atoms with van der Waals surface area (Å²) in [6.07, 6.45) is 2.49. The Hall–Kier alpha value is -2.54. The molecule has 1 fully saturated rings. The van der Waals surface area contributed by atoms with E-state index in [0.29, 0.717) is 29.9 Å². The van der Waals surface area contributed by atoms with E-state index in [1.165, 1.54) is 6.07 Å². The Balaban J connectivity index is 1.56. The summed E-state index contributed by atoms with van der Waals surface area (Å²) in [5.74, 6) is 1.51. The number of nitrogens with one attached hydrogen (secondary N) is 2. The van der Waals surface area contributed by atoms with E-state index in [-0.39, 0.29) is 11.9 Å². The number of methoxy groups -OCH3 is 1. The predicted octanol–water partition coefficient (Wildman–Crippen LogP) is 2.83. The summed E-state index contributed by atoms with van der Waals surface area (Å²) in [5.41, 5.74) is 0.980. The second-order valence-electron chi connectivity index (χ2n) is 6.27. The number of aliphatic imine (C=N–C) groups is 1. The normalized spacial score (nSPS) is 17.1. The molecule has 1 saturated heterocycles. The molecule has 1 aromatic carbocycles. The lowest BCUT2D eigenvalue weighted by Gasteiger charge is -2.20. The topological polar surface area (TPSA) is 61.8 Å². The van der Waals surface area contributed by atoms with Crippen molar-refractivity contribution in [3.8, 4) is 5.75 Å². The molecule has 1 aliphatic heterocycles. The first-order chi connectivity index (χ1) is 13.1. The van der Waals surface area contributed by atoms with Gasteiger partial charge in [0.25, 0.3) is 0 Å². The fourth-order valence-electron chi connectivity index (χ4n) is 3.11. The molecule has 0 saturated carbocycles. The average molecular weight is 392 g/mol.